The molecule has 0 radical (unpaired) electrons. The maximum Gasteiger partial charge on any atom is 0.0786 e. The second-order valence-corrected chi connectivity index (χ2v) is 3.15. The van der Waals surface area contributed by atoms with Gasteiger partial charge < -0.3 is 5.11 Å². The highest BCUT2D eigenvalue weighted by molar-refractivity contribution is 5.21. The molecule has 70 valence electrons. The Morgan fingerprint density at radius 1 is 1.38 bits per heavy atom. The van der Waals surface area contributed by atoms with Crippen molar-refractivity contribution in [2.24, 2.45) is 0 Å². The van der Waals surface area contributed by atoms with Gasteiger partial charge in [0.25, 0.3) is 0 Å². The summed E-state index contributed by atoms with van der Waals surface area (Å²) in [6, 6.07) is 10.1. The summed E-state index contributed by atoms with van der Waals surface area (Å²) in [7, 11) is 0. The van der Waals surface area contributed by atoms with E-state index in [0.717, 1.165) is 6.42 Å². The van der Waals surface area contributed by atoms with Crippen LogP contribution in [0.3, 0.4) is 0 Å². The Balaban J connectivity index is 2.84. The van der Waals surface area contributed by atoms with Gasteiger partial charge in [0.05, 0.1) is 6.10 Å². The molecule has 0 aromatic heterocycles. The largest absolute Gasteiger partial charge is 0.388 e. The van der Waals surface area contributed by atoms with E-state index in [1.165, 1.54) is 5.56 Å². The summed E-state index contributed by atoms with van der Waals surface area (Å²) in [5, 5.41) is 9.65. The lowest BCUT2D eigenvalue weighted by Gasteiger charge is -2.18. The van der Waals surface area contributed by atoms with Gasteiger partial charge in [-0.05, 0) is 12.0 Å². The predicted molar refractivity (Wildman–Crippen MR) is 55.7 cm³/mol. The number of aliphatic hydroxyl groups excluding tert-OH is 1. The molecule has 0 saturated carbocycles. The Hall–Kier alpha value is -1.08. The first kappa shape index (κ1) is 10.0. The molecule has 0 spiro atoms. The second kappa shape index (κ2) is 4.83. The quantitative estimate of drug-likeness (QED) is 0.699. The van der Waals surface area contributed by atoms with E-state index < -0.39 is 6.10 Å². The highest BCUT2D eigenvalue weighted by Crippen LogP contribution is 2.23. The monoisotopic (exact) mass is 176 g/mol. The molecule has 1 aromatic carbocycles. The SMILES string of the molecule is C=CC(O)C(CC)c1ccccc1. The summed E-state index contributed by atoms with van der Waals surface area (Å²) < 4.78 is 0. The third kappa shape index (κ3) is 2.43. The van der Waals surface area contributed by atoms with Gasteiger partial charge in [-0.25, -0.2) is 0 Å². The lowest BCUT2D eigenvalue weighted by Crippen LogP contribution is -2.14. The molecular weight excluding hydrogens is 160 g/mol. The highest BCUT2D eigenvalue weighted by Gasteiger charge is 2.15. The molecule has 0 saturated heterocycles. The topological polar surface area (TPSA) is 20.2 Å². The van der Waals surface area contributed by atoms with Crippen LogP contribution < -0.4 is 0 Å². The van der Waals surface area contributed by atoms with Crippen LogP contribution >= 0.6 is 0 Å². The maximum absolute atomic E-state index is 9.65. The van der Waals surface area contributed by atoms with E-state index in [-0.39, 0.29) is 5.92 Å². The number of hydrogen-bond acceptors (Lipinski definition) is 1. The van der Waals surface area contributed by atoms with Crippen molar-refractivity contribution in [2.75, 3.05) is 0 Å². The Morgan fingerprint density at radius 3 is 2.46 bits per heavy atom. The van der Waals surface area contributed by atoms with E-state index >= 15 is 0 Å². The van der Waals surface area contributed by atoms with Gasteiger partial charge in [-0.1, -0.05) is 43.3 Å². The fourth-order valence-electron chi connectivity index (χ4n) is 1.54. The lowest BCUT2D eigenvalue weighted by molar-refractivity contribution is 0.187. The Labute approximate surface area is 79.7 Å². The fourth-order valence-corrected chi connectivity index (χ4v) is 1.54. The number of hydrogen-bond donors (Lipinski definition) is 1. The molecule has 2 atom stereocenters. The van der Waals surface area contributed by atoms with Crippen molar-refractivity contribution in [2.45, 2.75) is 25.4 Å². The summed E-state index contributed by atoms with van der Waals surface area (Å²) in [5.74, 6) is 0.179. The minimum atomic E-state index is -0.438. The molecule has 1 aromatic rings. The van der Waals surface area contributed by atoms with E-state index in [4.69, 9.17) is 0 Å². The van der Waals surface area contributed by atoms with Gasteiger partial charge in [-0.2, -0.15) is 0 Å². The van der Waals surface area contributed by atoms with E-state index in [0.29, 0.717) is 0 Å². The molecule has 13 heavy (non-hydrogen) atoms. The van der Waals surface area contributed by atoms with Crippen LogP contribution in [0.5, 0.6) is 0 Å². The smallest absolute Gasteiger partial charge is 0.0786 e. The highest BCUT2D eigenvalue weighted by atomic mass is 16.3. The zero-order valence-electron chi connectivity index (χ0n) is 7.98. The minimum absolute atomic E-state index is 0.179. The molecule has 0 bridgehead atoms. The van der Waals surface area contributed by atoms with Gasteiger partial charge in [0.15, 0.2) is 0 Å². The Morgan fingerprint density at radius 2 is 2.00 bits per heavy atom. The van der Waals surface area contributed by atoms with E-state index in [1.54, 1.807) is 6.08 Å². The van der Waals surface area contributed by atoms with Gasteiger partial charge in [-0.3, -0.25) is 0 Å². The number of rotatable bonds is 4. The van der Waals surface area contributed by atoms with Crippen LogP contribution in [0.1, 0.15) is 24.8 Å². The van der Waals surface area contributed by atoms with Crippen molar-refractivity contribution in [3.8, 4) is 0 Å². The number of benzene rings is 1. The van der Waals surface area contributed by atoms with E-state index in [1.807, 2.05) is 30.3 Å². The van der Waals surface area contributed by atoms with Crippen molar-refractivity contribution >= 4 is 0 Å². The van der Waals surface area contributed by atoms with Gasteiger partial charge in [-0.15, -0.1) is 6.58 Å². The van der Waals surface area contributed by atoms with Crippen molar-refractivity contribution in [3.05, 3.63) is 48.6 Å². The molecule has 0 aliphatic rings. The third-order valence-electron chi connectivity index (χ3n) is 2.32. The fraction of sp³-hybridized carbons (Fsp3) is 0.333. The normalized spacial score (nSPS) is 14.9. The number of aliphatic hydroxyl groups is 1. The van der Waals surface area contributed by atoms with Crippen molar-refractivity contribution in [1.29, 1.82) is 0 Å². The first-order chi connectivity index (χ1) is 6.29. The van der Waals surface area contributed by atoms with Gasteiger partial charge >= 0.3 is 0 Å². The first-order valence-corrected chi connectivity index (χ1v) is 4.65. The van der Waals surface area contributed by atoms with Crippen LogP contribution in [0.25, 0.3) is 0 Å². The molecule has 0 fully saturated rings. The Bertz CT molecular complexity index is 253. The van der Waals surface area contributed by atoms with Gasteiger partial charge in [0.1, 0.15) is 0 Å². The predicted octanol–water partition coefficient (Wildman–Crippen LogP) is 2.73. The van der Waals surface area contributed by atoms with Gasteiger partial charge in [0.2, 0.25) is 0 Å². The van der Waals surface area contributed by atoms with Crippen LogP contribution in [0.15, 0.2) is 43.0 Å². The molecule has 0 amide bonds. The maximum atomic E-state index is 9.65. The summed E-state index contributed by atoms with van der Waals surface area (Å²) in [6.45, 7) is 5.68. The second-order valence-electron chi connectivity index (χ2n) is 3.15. The van der Waals surface area contributed by atoms with Crippen LogP contribution in [0.4, 0.5) is 0 Å². The molecule has 1 rings (SSSR count). The molecule has 1 nitrogen and oxygen atoms in total. The third-order valence-corrected chi connectivity index (χ3v) is 2.32. The average molecular weight is 176 g/mol. The van der Waals surface area contributed by atoms with Crippen LogP contribution in [-0.4, -0.2) is 11.2 Å². The van der Waals surface area contributed by atoms with Crippen LogP contribution in [0.2, 0.25) is 0 Å². The summed E-state index contributed by atoms with van der Waals surface area (Å²) in [5.41, 5.74) is 1.18. The van der Waals surface area contributed by atoms with E-state index in [2.05, 4.69) is 13.5 Å². The molecule has 0 aliphatic carbocycles. The zero-order valence-corrected chi connectivity index (χ0v) is 7.98. The van der Waals surface area contributed by atoms with Crippen molar-refractivity contribution in [3.63, 3.8) is 0 Å². The molecular formula is C12H16O. The zero-order chi connectivity index (χ0) is 9.68. The first-order valence-electron chi connectivity index (χ1n) is 4.65. The molecule has 1 heteroatoms. The Kier molecular flexibility index (Phi) is 3.71. The van der Waals surface area contributed by atoms with E-state index in [9.17, 15) is 5.11 Å². The standard InChI is InChI=1S/C12H16O/c1-3-11(12(13)4-2)10-8-6-5-7-9-10/h4-9,11-13H,2-3H2,1H3. The van der Waals surface area contributed by atoms with Crippen LogP contribution in [-0.2, 0) is 0 Å². The van der Waals surface area contributed by atoms with Gasteiger partial charge in [0, 0.05) is 5.92 Å². The molecule has 0 aliphatic heterocycles. The lowest BCUT2D eigenvalue weighted by atomic mass is 9.91. The molecule has 0 heterocycles. The summed E-state index contributed by atoms with van der Waals surface area (Å²) in [6.07, 6.45) is 2.09. The molecule has 2 unspecified atom stereocenters. The van der Waals surface area contributed by atoms with Crippen LogP contribution in [0, 0.1) is 0 Å². The summed E-state index contributed by atoms with van der Waals surface area (Å²) in [4.78, 5) is 0. The minimum Gasteiger partial charge on any atom is -0.388 e. The van der Waals surface area contributed by atoms with Crippen molar-refractivity contribution < 1.29 is 5.11 Å². The average Bonchev–Trinajstić information content (AvgIpc) is 2.20. The summed E-state index contributed by atoms with van der Waals surface area (Å²) >= 11 is 0. The molecule has 1 N–H and O–H groups in total. The van der Waals surface area contributed by atoms with Crippen molar-refractivity contribution in [1.82, 2.24) is 0 Å².